The Kier molecular flexibility index (Phi) is 5.68. The molecule has 2 atom stereocenters. The van der Waals surface area contributed by atoms with Gasteiger partial charge in [-0.15, -0.1) is 10.2 Å². The third kappa shape index (κ3) is 4.02. The van der Waals surface area contributed by atoms with Gasteiger partial charge < -0.3 is 14.4 Å². The minimum absolute atomic E-state index is 0.178. The normalized spacial score (nSPS) is 21.2. The highest BCUT2D eigenvalue weighted by atomic mass is 32.1. The maximum Gasteiger partial charge on any atom is 0.254 e. The molecule has 2 aliphatic rings. The van der Waals surface area contributed by atoms with Gasteiger partial charge in [0, 0.05) is 38.3 Å². The number of hydrogen-bond acceptors (Lipinski definition) is 7. The second-order valence-electron chi connectivity index (χ2n) is 8.18. The third-order valence-corrected chi connectivity index (χ3v) is 6.83. The predicted molar refractivity (Wildman–Crippen MR) is 114 cm³/mol. The van der Waals surface area contributed by atoms with Crippen LogP contribution in [0.25, 0.3) is 10.8 Å². The first-order valence-electron chi connectivity index (χ1n) is 10.7. The van der Waals surface area contributed by atoms with Gasteiger partial charge in [-0.3, -0.25) is 4.79 Å². The average Bonchev–Trinajstić information content (AvgIpc) is 3.51. The van der Waals surface area contributed by atoms with E-state index in [0.717, 1.165) is 0 Å². The van der Waals surface area contributed by atoms with Gasteiger partial charge in [0.15, 0.2) is 16.7 Å². The maximum absolute atomic E-state index is 13.7. The number of carbonyl (C=O) groups is 1. The highest BCUT2D eigenvalue weighted by Crippen LogP contribution is 2.33. The molecule has 0 aliphatic carbocycles. The molecule has 1 unspecified atom stereocenters. The van der Waals surface area contributed by atoms with E-state index in [2.05, 4.69) is 24.5 Å². The molecule has 2 aromatic heterocycles. The van der Waals surface area contributed by atoms with E-state index >= 15 is 0 Å². The number of likely N-dealkylation sites (tertiary alicyclic amines) is 1. The lowest BCUT2D eigenvalue weighted by molar-refractivity contribution is 0.0590. The summed E-state index contributed by atoms with van der Waals surface area (Å²) in [7, 11) is 0. The Morgan fingerprint density at radius 3 is 2.69 bits per heavy atom. The van der Waals surface area contributed by atoms with E-state index in [1.807, 2.05) is 11.5 Å². The summed E-state index contributed by atoms with van der Waals surface area (Å²) in [5.74, 6) is 1.45. The monoisotopic (exact) mass is 459 g/mol. The number of hydrogen-bond donors (Lipinski definition) is 0. The quantitative estimate of drug-likeness (QED) is 0.584. The minimum Gasteiger partial charge on any atom is -0.327 e. The molecule has 0 spiro atoms. The topological polar surface area (TPSA) is 80.0 Å². The van der Waals surface area contributed by atoms with Crippen LogP contribution in [0.15, 0.2) is 24.3 Å². The zero-order valence-corrected chi connectivity index (χ0v) is 18.4. The van der Waals surface area contributed by atoms with Crippen LogP contribution in [0.4, 0.5) is 8.78 Å². The SMILES string of the molecule is Cc1nsc(-c2nnc3n2CCN(C(=O)c2ccc(F)cc2)C3CCN2CC[C@@H](F)C2)n1. The Morgan fingerprint density at radius 2 is 2.00 bits per heavy atom. The van der Waals surface area contributed by atoms with E-state index in [9.17, 15) is 13.6 Å². The second-order valence-corrected chi connectivity index (χ2v) is 8.93. The summed E-state index contributed by atoms with van der Waals surface area (Å²) in [4.78, 5) is 21.6. The summed E-state index contributed by atoms with van der Waals surface area (Å²) in [6.07, 6.45) is 0.348. The first-order valence-corrected chi connectivity index (χ1v) is 11.4. The van der Waals surface area contributed by atoms with Crippen molar-refractivity contribution in [3.8, 4) is 10.8 Å². The lowest BCUT2D eigenvalue weighted by Gasteiger charge is -2.36. The third-order valence-electron chi connectivity index (χ3n) is 6.02. The molecule has 0 N–H and O–H groups in total. The molecular weight excluding hydrogens is 436 g/mol. The molecular formula is C21H23F2N7OS. The number of benzene rings is 1. The first-order chi connectivity index (χ1) is 15.5. The van der Waals surface area contributed by atoms with Gasteiger partial charge in [0.2, 0.25) is 0 Å². The van der Waals surface area contributed by atoms with Crippen LogP contribution in [-0.4, -0.2) is 72.2 Å². The molecule has 0 bridgehead atoms. The van der Waals surface area contributed by atoms with Gasteiger partial charge in [-0.05, 0) is 55.6 Å². The Hall–Kier alpha value is -2.79. The molecule has 1 fully saturated rings. The van der Waals surface area contributed by atoms with Crippen molar-refractivity contribution < 1.29 is 13.6 Å². The fourth-order valence-electron chi connectivity index (χ4n) is 4.41. The fourth-order valence-corrected chi connectivity index (χ4v) is 5.08. The highest BCUT2D eigenvalue weighted by molar-refractivity contribution is 7.09. The van der Waals surface area contributed by atoms with E-state index < -0.39 is 6.17 Å². The number of carbonyl (C=O) groups excluding carboxylic acids is 1. The number of fused-ring (bicyclic) bond motifs is 1. The van der Waals surface area contributed by atoms with Gasteiger partial charge in [-0.2, -0.15) is 4.37 Å². The van der Waals surface area contributed by atoms with Crippen molar-refractivity contribution in [3.05, 3.63) is 47.3 Å². The summed E-state index contributed by atoms with van der Waals surface area (Å²) in [5, 5.41) is 9.48. The zero-order valence-electron chi connectivity index (χ0n) is 17.6. The van der Waals surface area contributed by atoms with Crippen LogP contribution in [0.2, 0.25) is 0 Å². The Labute approximate surface area is 188 Å². The van der Waals surface area contributed by atoms with E-state index in [0.29, 0.717) is 73.6 Å². The number of halogens is 2. The van der Waals surface area contributed by atoms with Crippen molar-refractivity contribution in [2.24, 2.45) is 0 Å². The highest BCUT2D eigenvalue weighted by Gasteiger charge is 2.36. The molecule has 1 saturated heterocycles. The summed E-state index contributed by atoms with van der Waals surface area (Å²) >= 11 is 1.27. The van der Waals surface area contributed by atoms with Crippen molar-refractivity contribution in [3.63, 3.8) is 0 Å². The predicted octanol–water partition coefficient (Wildman–Crippen LogP) is 2.88. The number of rotatable bonds is 5. The summed E-state index contributed by atoms with van der Waals surface area (Å²) < 4.78 is 33.3. The lowest BCUT2D eigenvalue weighted by atomic mass is 10.1. The smallest absolute Gasteiger partial charge is 0.254 e. The molecule has 3 aromatic rings. The molecule has 1 amide bonds. The van der Waals surface area contributed by atoms with Crippen LogP contribution < -0.4 is 0 Å². The van der Waals surface area contributed by atoms with Gasteiger partial charge in [0.1, 0.15) is 17.8 Å². The molecule has 5 rings (SSSR count). The zero-order chi connectivity index (χ0) is 22.2. The van der Waals surface area contributed by atoms with Crippen LogP contribution in [0.5, 0.6) is 0 Å². The molecule has 11 heteroatoms. The van der Waals surface area contributed by atoms with Gasteiger partial charge in [-0.25, -0.2) is 13.8 Å². The minimum atomic E-state index is -0.797. The van der Waals surface area contributed by atoms with E-state index in [-0.39, 0.29) is 17.8 Å². The number of alkyl halides is 1. The fraction of sp³-hybridized carbons (Fsp3) is 0.476. The molecule has 2 aliphatic heterocycles. The molecule has 0 saturated carbocycles. The van der Waals surface area contributed by atoms with Gasteiger partial charge in [0.05, 0.1) is 6.04 Å². The first kappa shape index (κ1) is 21.1. The summed E-state index contributed by atoms with van der Waals surface area (Å²) in [6.45, 7) is 4.59. The molecule has 0 radical (unpaired) electrons. The number of aryl methyl sites for hydroxylation is 1. The van der Waals surface area contributed by atoms with Crippen molar-refractivity contribution in [2.45, 2.75) is 38.5 Å². The average molecular weight is 460 g/mol. The number of aromatic nitrogens is 5. The van der Waals surface area contributed by atoms with Crippen LogP contribution in [0.3, 0.4) is 0 Å². The Morgan fingerprint density at radius 1 is 1.19 bits per heavy atom. The van der Waals surface area contributed by atoms with Gasteiger partial charge in [-0.1, -0.05) is 0 Å². The standard InChI is InChI=1S/C21H23F2N7OS/c1-13-24-20(32-27-13)19-26-25-18-17(7-9-28-8-6-16(23)12-28)29(10-11-30(18)19)21(31)14-2-4-15(22)5-3-14/h2-5,16-17H,6-12H2,1H3/t16-,17?/m1/s1. The number of nitrogens with zero attached hydrogens (tertiary/aromatic N) is 7. The second kappa shape index (κ2) is 8.62. The summed E-state index contributed by atoms with van der Waals surface area (Å²) in [6, 6.07) is 5.25. The number of amides is 1. The van der Waals surface area contributed by atoms with Crippen LogP contribution >= 0.6 is 11.5 Å². The lowest BCUT2D eigenvalue weighted by Crippen LogP contribution is -2.43. The molecule has 1 aromatic carbocycles. The molecule has 168 valence electrons. The van der Waals surface area contributed by atoms with Crippen molar-refractivity contribution in [2.75, 3.05) is 26.2 Å². The maximum atomic E-state index is 13.7. The van der Waals surface area contributed by atoms with Crippen molar-refractivity contribution in [1.29, 1.82) is 0 Å². The van der Waals surface area contributed by atoms with E-state index in [1.165, 1.54) is 35.8 Å². The van der Waals surface area contributed by atoms with Gasteiger partial charge >= 0.3 is 0 Å². The van der Waals surface area contributed by atoms with Crippen LogP contribution in [0.1, 0.15) is 40.9 Å². The van der Waals surface area contributed by atoms with Crippen LogP contribution in [-0.2, 0) is 6.54 Å². The van der Waals surface area contributed by atoms with Crippen molar-refractivity contribution in [1.82, 2.24) is 33.9 Å². The van der Waals surface area contributed by atoms with Crippen molar-refractivity contribution >= 4 is 17.4 Å². The summed E-state index contributed by atoms with van der Waals surface area (Å²) in [5.41, 5.74) is 0.425. The van der Waals surface area contributed by atoms with Gasteiger partial charge in [0.25, 0.3) is 5.91 Å². The Balaban J connectivity index is 1.45. The molecule has 8 nitrogen and oxygen atoms in total. The van der Waals surface area contributed by atoms with Crippen LogP contribution in [0, 0.1) is 12.7 Å². The molecule has 4 heterocycles. The van der Waals surface area contributed by atoms with E-state index in [4.69, 9.17) is 0 Å². The molecule has 32 heavy (non-hydrogen) atoms. The van der Waals surface area contributed by atoms with E-state index in [1.54, 1.807) is 4.90 Å². The Bertz CT molecular complexity index is 1120. The largest absolute Gasteiger partial charge is 0.327 e.